The van der Waals surface area contributed by atoms with Gasteiger partial charge in [0.05, 0.1) is 0 Å². The van der Waals surface area contributed by atoms with Crippen molar-refractivity contribution in [2.24, 2.45) is 0 Å². The summed E-state index contributed by atoms with van der Waals surface area (Å²) in [4.78, 5) is 25.7. The average molecular weight is 344 g/mol. The molecule has 6 heteroatoms. The summed E-state index contributed by atoms with van der Waals surface area (Å²) in [6.07, 6.45) is 2.58. The first kappa shape index (κ1) is 16.3. The Morgan fingerprint density at radius 3 is 2.46 bits per heavy atom. The quantitative estimate of drug-likeness (QED) is 0.861. The highest BCUT2D eigenvalue weighted by molar-refractivity contribution is 6.30. The molecule has 0 unspecified atom stereocenters. The number of nitrogens with zero attached hydrogens (tertiary/aromatic N) is 1. The third-order valence-electron chi connectivity index (χ3n) is 3.84. The first-order valence-electron chi connectivity index (χ1n) is 7.86. The molecule has 0 aliphatic carbocycles. The molecule has 24 heavy (non-hydrogen) atoms. The molecule has 0 atom stereocenters. The molecule has 3 amide bonds. The molecule has 1 heterocycles. The van der Waals surface area contributed by atoms with Crippen molar-refractivity contribution < 1.29 is 9.59 Å². The van der Waals surface area contributed by atoms with E-state index in [9.17, 15) is 9.59 Å². The highest BCUT2D eigenvalue weighted by Gasteiger charge is 2.19. The number of nitrogens with one attached hydrogen (secondary N) is 2. The smallest absolute Gasteiger partial charge is 0.312 e. The Balaban J connectivity index is 1.61. The van der Waals surface area contributed by atoms with Crippen LogP contribution in [0.1, 0.15) is 19.3 Å². The van der Waals surface area contributed by atoms with Crippen molar-refractivity contribution in [3.05, 3.63) is 53.6 Å². The van der Waals surface area contributed by atoms with E-state index in [2.05, 4.69) is 10.6 Å². The van der Waals surface area contributed by atoms with Crippen LogP contribution >= 0.6 is 11.6 Å². The number of rotatable bonds is 3. The monoisotopic (exact) mass is 343 g/mol. The number of anilines is 3. The number of hydrogen-bond acceptors (Lipinski definition) is 2. The number of hydrogen-bond donors (Lipinski definition) is 2. The average Bonchev–Trinajstić information content (AvgIpc) is 2.56. The molecule has 3 rings (SSSR count). The lowest BCUT2D eigenvalue weighted by Crippen LogP contribution is -2.35. The number of piperidine rings is 1. The number of amides is 3. The van der Waals surface area contributed by atoms with Gasteiger partial charge in [0.25, 0.3) is 0 Å². The Bertz CT molecular complexity index is 746. The van der Waals surface area contributed by atoms with Gasteiger partial charge >= 0.3 is 6.03 Å². The molecule has 1 aliphatic rings. The predicted molar refractivity (Wildman–Crippen MR) is 96.7 cm³/mol. The number of carbonyl (C=O) groups is 2. The maximum Gasteiger partial charge on any atom is 0.323 e. The van der Waals surface area contributed by atoms with Crippen LogP contribution in [0.15, 0.2) is 48.5 Å². The van der Waals surface area contributed by atoms with Crippen LogP contribution in [-0.2, 0) is 4.79 Å². The minimum atomic E-state index is -0.348. The van der Waals surface area contributed by atoms with Crippen molar-refractivity contribution in [2.75, 3.05) is 22.1 Å². The third-order valence-corrected chi connectivity index (χ3v) is 4.08. The third kappa shape index (κ3) is 4.06. The maximum absolute atomic E-state index is 12.0. The number of carbonyl (C=O) groups excluding carboxylic acids is 2. The highest BCUT2D eigenvalue weighted by Crippen LogP contribution is 2.23. The SMILES string of the molecule is O=C(Nc1ccc(N2CCCCC2=O)cc1)Nc1cccc(Cl)c1. The Kier molecular flexibility index (Phi) is 5.01. The second-order valence-electron chi connectivity index (χ2n) is 5.64. The molecule has 0 radical (unpaired) electrons. The largest absolute Gasteiger partial charge is 0.323 e. The van der Waals surface area contributed by atoms with Gasteiger partial charge in [-0.25, -0.2) is 4.79 Å². The van der Waals surface area contributed by atoms with Crippen molar-refractivity contribution in [1.82, 2.24) is 0 Å². The molecule has 0 bridgehead atoms. The maximum atomic E-state index is 12.0. The van der Waals surface area contributed by atoms with E-state index in [1.165, 1.54) is 0 Å². The van der Waals surface area contributed by atoms with Gasteiger partial charge < -0.3 is 15.5 Å². The van der Waals surface area contributed by atoms with Crippen LogP contribution in [0.4, 0.5) is 21.9 Å². The van der Waals surface area contributed by atoms with Gasteiger partial charge in [0.2, 0.25) is 5.91 Å². The van der Waals surface area contributed by atoms with Crippen LogP contribution in [0.3, 0.4) is 0 Å². The molecule has 0 saturated carbocycles. The van der Waals surface area contributed by atoms with Crippen LogP contribution in [0, 0.1) is 0 Å². The Labute approximate surface area is 145 Å². The zero-order valence-corrected chi connectivity index (χ0v) is 13.8. The van der Waals surface area contributed by atoms with Gasteiger partial charge in [0.15, 0.2) is 0 Å². The van der Waals surface area contributed by atoms with Crippen LogP contribution in [0.25, 0.3) is 0 Å². The van der Waals surface area contributed by atoms with E-state index in [0.29, 0.717) is 22.8 Å². The lowest BCUT2D eigenvalue weighted by Gasteiger charge is -2.26. The van der Waals surface area contributed by atoms with Gasteiger partial charge in [-0.15, -0.1) is 0 Å². The fourth-order valence-electron chi connectivity index (χ4n) is 2.66. The molecule has 124 valence electrons. The molecule has 2 aromatic carbocycles. The summed E-state index contributed by atoms with van der Waals surface area (Å²) >= 11 is 5.89. The summed E-state index contributed by atoms with van der Waals surface area (Å²) in [6, 6.07) is 13.9. The Morgan fingerprint density at radius 2 is 1.75 bits per heavy atom. The van der Waals surface area contributed by atoms with Crippen molar-refractivity contribution in [3.63, 3.8) is 0 Å². The minimum absolute atomic E-state index is 0.153. The van der Waals surface area contributed by atoms with Crippen molar-refractivity contribution in [1.29, 1.82) is 0 Å². The number of urea groups is 1. The predicted octanol–water partition coefficient (Wildman–Crippen LogP) is 4.50. The molecule has 1 fully saturated rings. The topological polar surface area (TPSA) is 61.4 Å². The first-order chi connectivity index (χ1) is 11.6. The van der Waals surface area contributed by atoms with Crippen molar-refractivity contribution >= 4 is 40.6 Å². The van der Waals surface area contributed by atoms with E-state index >= 15 is 0 Å². The van der Waals surface area contributed by atoms with E-state index in [1.807, 2.05) is 12.1 Å². The molecular formula is C18H18ClN3O2. The second kappa shape index (κ2) is 7.36. The summed E-state index contributed by atoms with van der Waals surface area (Å²) in [7, 11) is 0. The fourth-order valence-corrected chi connectivity index (χ4v) is 2.85. The summed E-state index contributed by atoms with van der Waals surface area (Å²) in [5, 5.41) is 6.03. The highest BCUT2D eigenvalue weighted by atomic mass is 35.5. The van der Waals surface area contributed by atoms with E-state index in [4.69, 9.17) is 11.6 Å². The van der Waals surface area contributed by atoms with Gasteiger partial charge in [0, 0.05) is 35.1 Å². The lowest BCUT2D eigenvalue weighted by molar-refractivity contribution is -0.119. The van der Waals surface area contributed by atoms with Crippen LogP contribution in [0.2, 0.25) is 5.02 Å². The van der Waals surface area contributed by atoms with Gasteiger partial charge in [-0.05, 0) is 55.3 Å². The van der Waals surface area contributed by atoms with E-state index in [1.54, 1.807) is 41.3 Å². The van der Waals surface area contributed by atoms with Crippen molar-refractivity contribution in [2.45, 2.75) is 19.3 Å². The molecule has 2 N–H and O–H groups in total. The lowest BCUT2D eigenvalue weighted by atomic mass is 10.1. The standard InChI is InChI=1S/C18H18ClN3O2/c19-13-4-3-5-15(12-13)21-18(24)20-14-7-9-16(10-8-14)22-11-2-1-6-17(22)23/h3-5,7-10,12H,1-2,6,11H2,(H2,20,21,24). The summed E-state index contributed by atoms with van der Waals surface area (Å²) in [6.45, 7) is 0.751. The second-order valence-corrected chi connectivity index (χ2v) is 6.08. The van der Waals surface area contributed by atoms with Crippen molar-refractivity contribution in [3.8, 4) is 0 Å². The molecule has 2 aromatic rings. The fraction of sp³-hybridized carbons (Fsp3) is 0.222. The van der Waals surface area contributed by atoms with Gasteiger partial charge in [-0.3, -0.25) is 4.79 Å². The summed E-state index contributed by atoms with van der Waals surface area (Å²) < 4.78 is 0. The van der Waals surface area contributed by atoms with E-state index < -0.39 is 0 Å². The van der Waals surface area contributed by atoms with E-state index in [-0.39, 0.29) is 11.9 Å². The van der Waals surface area contributed by atoms with Gasteiger partial charge in [0.1, 0.15) is 0 Å². The first-order valence-corrected chi connectivity index (χ1v) is 8.23. The van der Waals surface area contributed by atoms with Gasteiger partial charge in [-0.2, -0.15) is 0 Å². The Hall–Kier alpha value is -2.53. The van der Waals surface area contributed by atoms with Crippen LogP contribution < -0.4 is 15.5 Å². The Morgan fingerprint density at radius 1 is 1.00 bits per heavy atom. The molecular weight excluding hydrogens is 326 g/mol. The van der Waals surface area contributed by atoms with E-state index in [0.717, 1.165) is 25.1 Å². The molecule has 1 saturated heterocycles. The van der Waals surface area contributed by atoms with Crippen LogP contribution in [-0.4, -0.2) is 18.5 Å². The number of halogens is 1. The zero-order valence-electron chi connectivity index (χ0n) is 13.1. The minimum Gasteiger partial charge on any atom is -0.312 e. The van der Waals surface area contributed by atoms with Gasteiger partial charge in [-0.1, -0.05) is 17.7 Å². The molecule has 0 spiro atoms. The molecule has 5 nitrogen and oxygen atoms in total. The number of benzene rings is 2. The molecule has 0 aromatic heterocycles. The summed E-state index contributed by atoms with van der Waals surface area (Å²) in [5.41, 5.74) is 2.14. The normalized spacial score (nSPS) is 14.4. The van der Waals surface area contributed by atoms with Crippen LogP contribution in [0.5, 0.6) is 0 Å². The molecule has 1 aliphatic heterocycles. The summed E-state index contributed by atoms with van der Waals surface area (Å²) in [5.74, 6) is 0.153. The zero-order chi connectivity index (χ0) is 16.9.